The van der Waals surface area contributed by atoms with Crippen LogP contribution in [0.2, 0.25) is 6.55 Å². The molecule has 1 unspecified atom stereocenters. The van der Waals surface area contributed by atoms with E-state index >= 15 is 0 Å². The Hall–Kier alpha value is 0.447. The van der Waals surface area contributed by atoms with E-state index in [0.29, 0.717) is 11.9 Å². The summed E-state index contributed by atoms with van der Waals surface area (Å²) < 4.78 is 15.9. The van der Waals surface area contributed by atoms with Crippen molar-refractivity contribution in [3.05, 3.63) is 0 Å². The van der Waals surface area contributed by atoms with Crippen LogP contribution >= 0.6 is 12.6 Å². The molecule has 0 aromatic rings. The maximum Gasteiger partial charge on any atom is 0.497 e. The van der Waals surface area contributed by atoms with Gasteiger partial charge in [-0.3, -0.25) is 0 Å². The van der Waals surface area contributed by atoms with E-state index in [4.69, 9.17) is 13.3 Å². The van der Waals surface area contributed by atoms with Crippen LogP contribution in [-0.2, 0) is 13.3 Å². The Bertz CT molecular complexity index is 129. The van der Waals surface area contributed by atoms with E-state index in [1.165, 1.54) is 0 Å². The maximum absolute atomic E-state index is 5.54. The van der Waals surface area contributed by atoms with Crippen LogP contribution in [0.25, 0.3) is 0 Å². The van der Waals surface area contributed by atoms with E-state index in [1.807, 2.05) is 6.55 Å². The predicted octanol–water partition coefficient (Wildman–Crippen LogP) is 1.96. The third-order valence-electron chi connectivity index (χ3n) is 1.87. The van der Waals surface area contributed by atoms with Crippen molar-refractivity contribution in [2.24, 2.45) is 0 Å². The summed E-state index contributed by atoms with van der Waals surface area (Å²) in [7, 11) is 0.950. The van der Waals surface area contributed by atoms with Crippen molar-refractivity contribution in [1.82, 2.24) is 0 Å². The molecular weight excluding hydrogens is 204 g/mol. The zero-order chi connectivity index (χ0) is 10.3. The zero-order valence-electron chi connectivity index (χ0n) is 8.87. The summed E-state index contributed by atoms with van der Waals surface area (Å²) in [6.45, 7) is 4.65. The predicted molar refractivity (Wildman–Crippen MR) is 59.3 cm³/mol. The van der Waals surface area contributed by atoms with Gasteiger partial charge in [0.05, 0.1) is 0 Å². The zero-order valence-corrected chi connectivity index (χ0v) is 10.8. The number of hydrogen-bond acceptors (Lipinski definition) is 4. The Balaban J connectivity index is 3.50. The van der Waals surface area contributed by atoms with Crippen molar-refractivity contribution in [2.45, 2.75) is 31.6 Å². The van der Waals surface area contributed by atoms with Crippen molar-refractivity contribution in [3.8, 4) is 0 Å². The van der Waals surface area contributed by atoms with E-state index in [1.54, 1.807) is 14.2 Å². The van der Waals surface area contributed by atoms with E-state index in [2.05, 4.69) is 19.6 Å². The molecule has 1 atom stereocenters. The molecule has 5 heteroatoms. The summed E-state index contributed by atoms with van der Waals surface area (Å²) in [5.74, 6) is 0. The molecule has 0 aliphatic rings. The van der Waals surface area contributed by atoms with Gasteiger partial charge < -0.3 is 13.3 Å². The monoisotopic (exact) mass is 224 g/mol. The first kappa shape index (κ1) is 13.4. The molecule has 0 saturated carbocycles. The lowest BCUT2D eigenvalue weighted by Gasteiger charge is -2.22. The summed E-state index contributed by atoms with van der Waals surface area (Å²) in [5.41, 5.74) is 0. The lowest BCUT2D eigenvalue weighted by Crippen LogP contribution is -2.40. The van der Waals surface area contributed by atoms with Crippen LogP contribution in [0.5, 0.6) is 0 Å². The standard InChI is InChI=1S/C8H20O3SSi/c1-8(12)6-5-7-11-13(4,9-2)10-3/h8,12H,5-7H2,1-4H3. The molecule has 0 bridgehead atoms. The molecule has 0 heterocycles. The first-order chi connectivity index (χ1) is 6.04. The van der Waals surface area contributed by atoms with E-state index in [9.17, 15) is 0 Å². The number of rotatable bonds is 7. The summed E-state index contributed by atoms with van der Waals surface area (Å²) >= 11 is 4.28. The van der Waals surface area contributed by atoms with Crippen molar-refractivity contribution in [1.29, 1.82) is 0 Å². The highest BCUT2D eigenvalue weighted by Gasteiger charge is 2.31. The first-order valence-electron chi connectivity index (χ1n) is 4.46. The third kappa shape index (κ3) is 6.51. The van der Waals surface area contributed by atoms with Gasteiger partial charge in [0.25, 0.3) is 0 Å². The normalized spacial score (nSPS) is 14.5. The summed E-state index contributed by atoms with van der Waals surface area (Å²) in [6.07, 6.45) is 2.06. The SMILES string of the molecule is CO[Si](C)(OC)OCCCC(C)S. The Morgan fingerprint density at radius 3 is 2.23 bits per heavy atom. The molecule has 0 aliphatic heterocycles. The van der Waals surface area contributed by atoms with E-state index < -0.39 is 8.80 Å². The molecule has 0 radical (unpaired) electrons. The lowest BCUT2D eigenvalue weighted by molar-refractivity contribution is 0.104. The second-order valence-electron chi connectivity index (χ2n) is 3.11. The van der Waals surface area contributed by atoms with Crippen molar-refractivity contribution < 1.29 is 13.3 Å². The Kier molecular flexibility index (Phi) is 7.07. The molecule has 13 heavy (non-hydrogen) atoms. The van der Waals surface area contributed by atoms with Crippen molar-refractivity contribution in [3.63, 3.8) is 0 Å². The van der Waals surface area contributed by atoms with Crippen LogP contribution in [0.1, 0.15) is 19.8 Å². The van der Waals surface area contributed by atoms with Gasteiger partial charge in [0.15, 0.2) is 0 Å². The molecule has 0 saturated heterocycles. The Morgan fingerprint density at radius 1 is 1.31 bits per heavy atom. The fourth-order valence-electron chi connectivity index (χ4n) is 0.837. The summed E-state index contributed by atoms with van der Waals surface area (Å²) in [6, 6.07) is 0. The van der Waals surface area contributed by atoms with Gasteiger partial charge >= 0.3 is 8.80 Å². The summed E-state index contributed by atoms with van der Waals surface area (Å²) in [5, 5.41) is 0.432. The number of hydrogen-bond donors (Lipinski definition) is 1. The lowest BCUT2D eigenvalue weighted by atomic mass is 10.3. The largest absolute Gasteiger partial charge is 0.497 e. The molecular formula is C8H20O3SSi. The highest BCUT2D eigenvalue weighted by Crippen LogP contribution is 2.09. The molecule has 0 spiro atoms. The Labute approximate surface area is 87.5 Å². The molecule has 3 nitrogen and oxygen atoms in total. The second kappa shape index (κ2) is 6.84. The van der Waals surface area contributed by atoms with Crippen LogP contribution < -0.4 is 0 Å². The minimum absolute atomic E-state index is 0.432. The van der Waals surface area contributed by atoms with Crippen LogP contribution in [0.3, 0.4) is 0 Å². The van der Waals surface area contributed by atoms with Crippen LogP contribution in [-0.4, -0.2) is 34.9 Å². The minimum Gasteiger partial charge on any atom is -0.377 e. The molecule has 0 aromatic heterocycles. The average Bonchev–Trinajstić information content (AvgIpc) is 2.12. The van der Waals surface area contributed by atoms with E-state index in [0.717, 1.165) is 12.8 Å². The van der Waals surface area contributed by atoms with Gasteiger partial charge in [-0.15, -0.1) is 0 Å². The molecule has 0 rings (SSSR count). The van der Waals surface area contributed by atoms with Crippen molar-refractivity contribution in [2.75, 3.05) is 20.8 Å². The third-order valence-corrected chi connectivity index (χ3v) is 4.34. The van der Waals surface area contributed by atoms with Crippen LogP contribution in [0.4, 0.5) is 0 Å². The first-order valence-corrected chi connectivity index (χ1v) is 7.20. The van der Waals surface area contributed by atoms with Gasteiger partial charge in [-0.2, -0.15) is 12.6 Å². The smallest absolute Gasteiger partial charge is 0.377 e. The number of thiol groups is 1. The van der Waals surface area contributed by atoms with Gasteiger partial charge in [0.2, 0.25) is 0 Å². The van der Waals surface area contributed by atoms with Gasteiger partial charge in [-0.25, -0.2) is 0 Å². The maximum atomic E-state index is 5.54. The molecule has 0 fully saturated rings. The quantitative estimate of drug-likeness (QED) is 0.407. The van der Waals surface area contributed by atoms with Crippen LogP contribution in [0, 0.1) is 0 Å². The molecule has 0 aliphatic carbocycles. The molecule has 80 valence electrons. The van der Waals surface area contributed by atoms with Gasteiger partial charge in [0.1, 0.15) is 0 Å². The van der Waals surface area contributed by atoms with Crippen molar-refractivity contribution >= 4 is 21.4 Å². The highest BCUT2D eigenvalue weighted by atomic mass is 32.1. The van der Waals surface area contributed by atoms with Crippen LogP contribution in [0.15, 0.2) is 0 Å². The molecule has 0 aromatic carbocycles. The van der Waals surface area contributed by atoms with Gasteiger partial charge in [-0.05, 0) is 18.1 Å². The molecule has 0 amide bonds. The fourth-order valence-corrected chi connectivity index (χ4v) is 1.94. The minimum atomic E-state index is -2.29. The second-order valence-corrected chi connectivity index (χ2v) is 6.82. The van der Waals surface area contributed by atoms with Gasteiger partial charge in [-0.1, -0.05) is 6.92 Å². The average molecular weight is 224 g/mol. The van der Waals surface area contributed by atoms with Gasteiger partial charge in [0, 0.05) is 27.4 Å². The topological polar surface area (TPSA) is 27.7 Å². The molecule has 0 N–H and O–H groups in total. The highest BCUT2D eigenvalue weighted by molar-refractivity contribution is 7.80. The Morgan fingerprint density at radius 2 is 1.85 bits per heavy atom. The van der Waals surface area contributed by atoms with E-state index in [-0.39, 0.29) is 0 Å². The summed E-state index contributed by atoms with van der Waals surface area (Å²) in [4.78, 5) is 0. The fraction of sp³-hybridized carbons (Fsp3) is 1.00.